The summed E-state index contributed by atoms with van der Waals surface area (Å²) in [6.45, 7) is 2.55. The molecule has 2 N–H and O–H groups in total. The third-order valence-electron chi connectivity index (χ3n) is 3.82. The zero-order chi connectivity index (χ0) is 14.7. The van der Waals surface area contributed by atoms with Crippen molar-refractivity contribution in [2.24, 2.45) is 0 Å². The first-order chi connectivity index (χ1) is 9.54. The highest BCUT2D eigenvalue weighted by atomic mass is 16.4. The van der Waals surface area contributed by atoms with Crippen LogP contribution in [0.4, 0.5) is 11.6 Å². The average Bonchev–Trinajstić information content (AvgIpc) is 2.94. The number of anilines is 2. The van der Waals surface area contributed by atoms with Gasteiger partial charge in [-0.3, -0.25) is 0 Å². The topological polar surface area (TPSA) is 89.8 Å². The van der Waals surface area contributed by atoms with Gasteiger partial charge in [0.25, 0.3) is 0 Å². The number of carboxylic acid groups (broad SMARTS) is 1. The molecule has 0 aliphatic carbocycles. The standard InChI is InChI=1S/C13H20N4O3/c1-9(13(19)20)16(2)11-6-12(15-8-14-11)17-5-3-4-10(17)7-18/h6,8-10,18H,3-5,7H2,1-2H3,(H,19,20). The Morgan fingerprint density at radius 3 is 3.00 bits per heavy atom. The van der Waals surface area contributed by atoms with Crippen LogP contribution in [0.25, 0.3) is 0 Å². The molecule has 0 radical (unpaired) electrons. The normalized spacial score (nSPS) is 19.9. The maximum absolute atomic E-state index is 11.0. The molecule has 0 saturated carbocycles. The van der Waals surface area contributed by atoms with Crippen molar-refractivity contribution >= 4 is 17.6 Å². The molecular weight excluding hydrogens is 260 g/mol. The van der Waals surface area contributed by atoms with Gasteiger partial charge in [-0.05, 0) is 19.8 Å². The number of aromatic nitrogens is 2. The Kier molecular flexibility index (Phi) is 4.39. The maximum Gasteiger partial charge on any atom is 0.326 e. The van der Waals surface area contributed by atoms with Crippen LogP contribution in [0.1, 0.15) is 19.8 Å². The van der Waals surface area contributed by atoms with Gasteiger partial charge in [0, 0.05) is 19.7 Å². The Hall–Kier alpha value is -1.89. The van der Waals surface area contributed by atoms with Gasteiger partial charge in [-0.1, -0.05) is 0 Å². The fraction of sp³-hybridized carbons (Fsp3) is 0.615. The van der Waals surface area contributed by atoms with E-state index in [9.17, 15) is 9.90 Å². The van der Waals surface area contributed by atoms with E-state index >= 15 is 0 Å². The van der Waals surface area contributed by atoms with Crippen molar-refractivity contribution in [1.29, 1.82) is 0 Å². The molecule has 0 aromatic carbocycles. The number of aliphatic hydroxyl groups excluding tert-OH is 1. The molecule has 110 valence electrons. The summed E-state index contributed by atoms with van der Waals surface area (Å²) < 4.78 is 0. The van der Waals surface area contributed by atoms with Gasteiger partial charge >= 0.3 is 5.97 Å². The number of carbonyl (C=O) groups is 1. The lowest BCUT2D eigenvalue weighted by molar-refractivity contribution is -0.138. The molecule has 0 bridgehead atoms. The minimum atomic E-state index is -0.901. The molecule has 2 unspecified atom stereocenters. The van der Waals surface area contributed by atoms with E-state index in [0.29, 0.717) is 5.82 Å². The Labute approximate surface area is 117 Å². The van der Waals surface area contributed by atoms with E-state index < -0.39 is 12.0 Å². The van der Waals surface area contributed by atoms with Crippen molar-refractivity contribution in [3.8, 4) is 0 Å². The van der Waals surface area contributed by atoms with Crippen LogP contribution >= 0.6 is 0 Å². The molecule has 1 aliphatic heterocycles. The van der Waals surface area contributed by atoms with Crippen LogP contribution in [0, 0.1) is 0 Å². The average molecular weight is 280 g/mol. The summed E-state index contributed by atoms with van der Waals surface area (Å²) in [4.78, 5) is 23.0. The van der Waals surface area contributed by atoms with E-state index in [0.717, 1.165) is 25.2 Å². The summed E-state index contributed by atoms with van der Waals surface area (Å²) in [7, 11) is 1.69. The van der Waals surface area contributed by atoms with E-state index in [2.05, 4.69) is 9.97 Å². The van der Waals surface area contributed by atoms with Gasteiger partial charge in [-0.2, -0.15) is 0 Å². The second-order valence-electron chi connectivity index (χ2n) is 5.03. The van der Waals surface area contributed by atoms with E-state index in [-0.39, 0.29) is 12.6 Å². The monoisotopic (exact) mass is 280 g/mol. The van der Waals surface area contributed by atoms with Gasteiger partial charge in [-0.15, -0.1) is 0 Å². The number of hydrogen-bond acceptors (Lipinski definition) is 6. The van der Waals surface area contributed by atoms with Gasteiger partial charge < -0.3 is 20.0 Å². The Bertz CT molecular complexity index is 482. The Balaban J connectivity index is 2.21. The van der Waals surface area contributed by atoms with Crippen molar-refractivity contribution < 1.29 is 15.0 Å². The van der Waals surface area contributed by atoms with Crippen molar-refractivity contribution in [3.63, 3.8) is 0 Å². The first kappa shape index (κ1) is 14.5. The van der Waals surface area contributed by atoms with Crippen LogP contribution in [0.2, 0.25) is 0 Å². The molecule has 7 nitrogen and oxygen atoms in total. The number of aliphatic hydroxyl groups is 1. The third-order valence-corrected chi connectivity index (χ3v) is 3.82. The van der Waals surface area contributed by atoms with Crippen LogP contribution in [-0.4, -0.2) is 58.4 Å². The number of nitrogens with zero attached hydrogens (tertiary/aromatic N) is 4. The lowest BCUT2D eigenvalue weighted by Gasteiger charge is -2.26. The lowest BCUT2D eigenvalue weighted by Crippen LogP contribution is -2.37. The Morgan fingerprint density at radius 2 is 2.35 bits per heavy atom. The molecule has 1 aromatic heterocycles. The number of likely N-dealkylation sites (N-methyl/N-ethyl adjacent to an activating group) is 1. The fourth-order valence-electron chi connectivity index (χ4n) is 2.38. The summed E-state index contributed by atoms with van der Waals surface area (Å²) in [5, 5.41) is 18.4. The van der Waals surface area contributed by atoms with E-state index in [1.807, 2.05) is 4.90 Å². The minimum absolute atomic E-state index is 0.0833. The van der Waals surface area contributed by atoms with Crippen LogP contribution < -0.4 is 9.80 Å². The SMILES string of the molecule is CC(C(=O)O)N(C)c1cc(N2CCCC2CO)ncn1. The minimum Gasteiger partial charge on any atom is -0.480 e. The largest absolute Gasteiger partial charge is 0.480 e. The second kappa shape index (κ2) is 6.04. The van der Waals surface area contributed by atoms with Crippen LogP contribution in [0.5, 0.6) is 0 Å². The number of rotatable bonds is 5. The number of aliphatic carboxylic acids is 1. The van der Waals surface area contributed by atoms with Crippen LogP contribution in [0.15, 0.2) is 12.4 Å². The fourth-order valence-corrected chi connectivity index (χ4v) is 2.38. The molecule has 1 fully saturated rings. The summed E-state index contributed by atoms with van der Waals surface area (Å²) in [6.07, 6.45) is 3.39. The molecule has 0 spiro atoms. The molecule has 1 saturated heterocycles. The van der Waals surface area contributed by atoms with E-state index in [1.165, 1.54) is 6.33 Å². The lowest BCUT2D eigenvalue weighted by atomic mass is 10.2. The predicted octanol–water partition coefficient (Wildman–Crippen LogP) is 0.347. The summed E-state index contributed by atoms with van der Waals surface area (Å²) in [5.41, 5.74) is 0. The highest BCUT2D eigenvalue weighted by Gasteiger charge is 2.26. The predicted molar refractivity (Wildman–Crippen MR) is 75.0 cm³/mol. The van der Waals surface area contributed by atoms with Gasteiger partial charge in [0.15, 0.2) is 0 Å². The molecule has 2 rings (SSSR count). The quantitative estimate of drug-likeness (QED) is 0.804. The maximum atomic E-state index is 11.0. The van der Waals surface area contributed by atoms with Crippen molar-refractivity contribution in [2.75, 3.05) is 30.0 Å². The van der Waals surface area contributed by atoms with E-state index in [1.54, 1.807) is 24.9 Å². The molecule has 20 heavy (non-hydrogen) atoms. The highest BCUT2D eigenvalue weighted by molar-refractivity contribution is 5.77. The van der Waals surface area contributed by atoms with Crippen LogP contribution in [-0.2, 0) is 4.79 Å². The molecular formula is C13H20N4O3. The van der Waals surface area contributed by atoms with Gasteiger partial charge in [0.2, 0.25) is 0 Å². The molecule has 1 aromatic rings. The van der Waals surface area contributed by atoms with Crippen molar-refractivity contribution in [3.05, 3.63) is 12.4 Å². The number of carboxylic acids is 1. The molecule has 0 amide bonds. The zero-order valence-corrected chi connectivity index (χ0v) is 11.7. The smallest absolute Gasteiger partial charge is 0.326 e. The molecule has 2 heterocycles. The zero-order valence-electron chi connectivity index (χ0n) is 11.7. The highest BCUT2D eigenvalue weighted by Crippen LogP contribution is 2.25. The molecule has 1 aliphatic rings. The first-order valence-electron chi connectivity index (χ1n) is 6.69. The van der Waals surface area contributed by atoms with Crippen LogP contribution in [0.3, 0.4) is 0 Å². The Morgan fingerprint density at radius 1 is 1.60 bits per heavy atom. The van der Waals surface area contributed by atoms with Gasteiger partial charge in [0.05, 0.1) is 12.6 Å². The van der Waals surface area contributed by atoms with Crippen molar-refractivity contribution in [1.82, 2.24) is 9.97 Å². The van der Waals surface area contributed by atoms with Crippen molar-refractivity contribution in [2.45, 2.75) is 31.8 Å². The summed E-state index contributed by atoms with van der Waals surface area (Å²) in [6, 6.07) is 1.19. The molecule has 7 heteroatoms. The first-order valence-corrected chi connectivity index (χ1v) is 6.69. The second-order valence-corrected chi connectivity index (χ2v) is 5.03. The van der Waals surface area contributed by atoms with Gasteiger partial charge in [-0.25, -0.2) is 14.8 Å². The summed E-state index contributed by atoms with van der Waals surface area (Å²) >= 11 is 0. The molecule has 2 atom stereocenters. The summed E-state index contributed by atoms with van der Waals surface area (Å²) in [5.74, 6) is 0.395. The number of hydrogen-bond donors (Lipinski definition) is 2. The van der Waals surface area contributed by atoms with E-state index in [4.69, 9.17) is 5.11 Å². The van der Waals surface area contributed by atoms with Gasteiger partial charge in [0.1, 0.15) is 24.0 Å². The third kappa shape index (κ3) is 2.82.